The van der Waals surface area contributed by atoms with Crippen LogP contribution in [-0.2, 0) is 16.2 Å². The van der Waals surface area contributed by atoms with Crippen molar-refractivity contribution in [1.29, 1.82) is 0 Å². The Balaban J connectivity index is 1.31. The fourth-order valence-electron chi connectivity index (χ4n) is 10.6. The maximum Gasteiger partial charge on any atom is 0.264 e. The molecule has 58 heavy (non-hydrogen) atoms. The number of hydrogen-bond donors (Lipinski definition) is 0. The smallest absolute Gasteiger partial charge is 0.264 e. The summed E-state index contributed by atoms with van der Waals surface area (Å²) in [5, 5.41) is 1.41. The molecule has 5 aliphatic rings. The third-order valence-corrected chi connectivity index (χ3v) is 15.4. The number of rotatable bonds is 4. The molecule has 294 valence electrons. The van der Waals surface area contributed by atoms with E-state index in [1.807, 2.05) is 0 Å². The second-order valence-corrected chi connectivity index (χ2v) is 21.7. The van der Waals surface area contributed by atoms with Crippen LogP contribution in [0.25, 0.3) is 10.1 Å². The zero-order chi connectivity index (χ0) is 40.5. The van der Waals surface area contributed by atoms with E-state index in [4.69, 9.17) is 0 Å². The van der Waals surface area contributed by atoms with Crippen LogP contribution in [0.2, 0.25) is 0 Å². The van der Waals surface area contributed by atoms with Gasteiger partial charge in [0, 0.05) is 48.9 Å². The fraction of sp³-hybridized carbons (Fsp3) is 0.370. The lowest BCUT2D eigenvalue weighted by atomic mass is 9.36. The van der Waals surface area contributed by atoms with Gasteiger partial charge >= 0.3 is 0 Å². The van der Waals surface area contributed by atoms with E-state index < -0.39 is 0 Å². The Bertz CT molecular complexity index is 2640. The normalized spacial score (nSPS) is 20.3. The van der Waals surface area contributed by atoms with E-state index >= 15 is 0 Å². The van der Waals surface area contributed by atoms with Crippen molar-refractivity contribution < 1.29 is 0 Å². The van der Waals surface area contributed by atoms with Gasteiger partial charge in [-0.15, -0.1) is 11.3 Å². The van der Waals surface area contributed by atoms with Gasteiger partial charge in [-0.2, -0.15) is 0 Å². The molecular weight excluding hydrogens is 719 g/mol. The van der Waals surface area contributed by atoms with Crippen molar-refractivity contribution >= 4 is 72.3 Å². The summed E-state index contributed by atoms with van der Waals surface area (Å²) in [6.45, 7) is 24.1. The molecule has 2 nitrogen and oxygen atoms in total. The summed E-state index contributed by atoms with van der Waals surface area (Å²) in [5.74, 6) is 0.922. The lowest BCUT2D eigenvalue weighted by Crippen LogP contribution is -2.61. The van der Waals surface area contributed by atoms with Crippen LogP contribution in [0.1, 0.15) is 130 Å². The van der Waals surface area contributed by atoms with E-state index in [2.05, 4.69) is 194 Å². The van der Waals surface area contributed by atoms with Crippen molar-refractivity contribution in [3.63, 3.8) is 0 Å². The van der Waals surface area contributed by atoms with Gasteiger partial charge in [0.25, 0.3) is 6.71 Å². The van der Waals surface area contributed by atoms with E-state index in [1.54, 1.807) is 5.56 Å². The summed E-state index contributed by atoms with van der Waals surface area (Å²) in [4.78, 5) is 5.31. The van der Waals surface area contributed by atoms with Gasteiger partial charge in [-0.05, 0) is 141 Å². The highest BCUT2D eigenvalue weighted by atomic mass is 32.1. The monoisotopic (exact) mass is 778 g/mol. The minimum absolute atomic E-state index is 0.0163. The topological polar surface area (TPSA) is 6.48 Å². The molecule has 0 N–H and O–H groups in total. The Kier molecular flexibility index (Phi) is 8.61. The lowest BCUT2D eigenvalue weighted by molar-refractivity contribution is 0.332. The van der Waals surface area contributed by atoms with Crippen LogP contribution in [0.4, 0.5) is 28.4 Å². The standard InChI is InChI=1S/C54H59BN2S/c1-33(2)35-20-23-38(24-21-35)56-44-26-22-37(52(4,5)6)30-43(44)55-49-45(56)17-14-18-46(49)57(47-29-34(3)19-25-39(47)36-15-12-11-13-16-36)50-40-31-41-42(32-48(40)58-51(50)55)54(9,10)28-27-53(41,7)8/h12,14-18,20-26,29-34H,11,13,19,27-28H2,1-10H3. The van der Waals surface area contributed by atoms with Crippen molar-refractivity contribution in [2.24, 2.45) is 5.92 Å². The Hall–Kier alpha value is -4.54. The highest BCUT2D eigenvalue weighted by Gasteiger charge is 2.47. The van der Waals surface area contributed by atoms with Gasteiger partial charge in [0.15, 0.2) is 0 Å². The van der Waals surface area contributed by atoms with Crippen LogP contribution in [-0.4, -0.2) is 6.71 Å². The molecule has 2 aliphatic heterocycles. The Labute approximate surface area is 352 Å². The fourth-order valence-corrected chi connectivity index (χ4v) is 11.9. The predicted octanol–water partition coefficient (Wildman–Crippen LogP) is 13.5. The predicted molar refractivity (Wildman–Crippen MR) is 254 cm³/mol. The number of thiophene rings is 1. The first-order valence-corrected chi connectivity index (χ1v) is 22.8. The van der Waals surface area contributed by atoms with E-state index in [0.29, 0.717) is 11.8 Å². The molecule has 0 saturated carbocycles. The molecule has 0 spiro atoms. The molecule has 3 heterocycles. The van der Waals surface area contributed by atoms with Gasteiger partial charge in [0.2, 0.25) is 0 Å². The Morgan fingerprint density at radius 2 is 1.50 bits per heavy atom. The molecule has 3 aliphatic carbocycles. The Morgan fingerprint density at radius 3 is 2.17 bits per heavy atom. The first-order valence-electron chi connectivity index (χ1n) is 22.0. The molecule has 4 heteroatoms. The molecule has 4 aromatic carbocycles. The van der Waals surface area contributed by atoms with Crippen LogP contribution in [0, 0.1) is 5.92 Å². The van der Waals surface area contributed by atoms with Crippen molar-refractivity contribution in [2.45, 2.75) is 124 Å². The molecule has 0 bridgehead atoms. The van der Waals surface area contributed by atoms with Crippen LogP contribution in [0.3, 0.4) is 0 Å². The zero-order valence-electron chi connectivity index (χ0n) is 36.4. The van der Waals surface area contributed by atoms with E-state index in [-0.39, 0.29) is 23.0 Å². The third kappa shape index (κ3) is 5.79. The van der Waals surface area contributed by atoms with E-state index in [0.717, 1.165) is 19.3 Å². The first-order chi connectivity index (χ1) is 27.6. The van der Waals surface area contributed by atoms with E-state index in [1.165, 1.54) is 101 Å². The molecular formula is C54H59BN2S. The van der Waals surface area contributed by atoms with Crippen molar-refractivity contribution in [2.75, 3.05) is 9.80 Å². The van der Waals surface area contributed by atoms with Gasteiger partial charge < -0.3 is 9.80 Å². The summed E-state index contributed by atoms with van der Waals surface area (Å²) in [5.41, 5.74) is 19.5. The molecule has 0 fully saturated rings. The molecule has 1 aromatic heterocycles. The van der Waals surface area contributed by atoms with Gasteiger partial charge in [-0.25, -0.2) is 0 Å². The summed E-state index contributed by atoms with van der Waals surface area (Å²) >= 11 is 2.06. The number of allylic oxidation sites excluding steroid dienone is 6. The molecule has 1 atom stereocenters. The van der Waals surface area contributed by atoms with Gasteiger partial charge in [0.1, 0.15) is 0 Å². The zero-order valence-corrected chi connectivity index (χ0v) is 37.2. The van der Waals surface area contributed by atoms with Crippen LogP contribution in [0.15, 0.2) is 120 Å². The van der Waals surface area contributed by atoms with E-state index in [9.17, 15) is 0 Å². The SMILES string of the molecule is CC1C=C(N2c3cccc4c3B(c3cc(C(C)(C)C)ccc3N4c3ccc(C(C)C)cc3)c3sc4cc5c(cc4c32)C(C)(C)CCC5(C)C)C(C2=CCCC=C2)=CC1. The molecule has 0 radical (unpaired) electrons. The van der Waals surface area contributed by atoms with Crippen LogP contribution in [0.5, 0.6) is 0 Å². The highest BCUT2D eigenvalue weighted by molar-refractivity contribution is 7.33. The van der Waals surface area contributed by atoms with Crippen LogP contribution >= 0.6 is 11.3 Å². The highest BCUT2D eigenvalue weighted by Crippen LogP contribution is 2.53. The number of nitrogens with zero attached hydrogens (tertiary/aromatic N) is 2. The lowest BCUT2D eigenvalue weighted by Gasteiger charge is -2.45. The Morgan fingerprint density at radius 1 is 0.793 bits per heavy atom. The number of fused-ring (bicyclic) bond motifs is 7. The third-order valence-electron chi connectivity index (χ3n) is 14.2. The summed E-state index contributed by atoms with van der Waals surface area (Å²) in [6, 6.07) is 29.2. The quantitative estimate of drug-likeness (QED) is 0.165. The summed E-state index contributed by atoms with van der Waals surface area (Å²) in [7, 11) is 0. The maximum atomic E-state index is 2.74. The molecule has 0 saturated heterocycles. The summed E-state index contributed by atoms with van der Waals surface area (Å²) in [6.07, 6.45) is 18.0. The minimum Gasteiger partial charge on any atom is -0.311 e. The summed E-state index contributed by atoms with van der Waals surface area (Å²) < 4.78 is 2.89. The maximum absolute atomic E-state index is 2.74. The van der Waals surface area contributed by atoms with Gasteiger partial charge in [-0.3, -0.25) is 0 Å². The number of hydrogen-bond acceptors (Lipinski definition) is 3. The first kappa shape index (κ1) is 37.7. The van der Waals surface area contributed by atoms with Crippen molar-refractivity contribution in [3.8, 4) is 0 Å². The van der Waals surface area contributed by atoms with Gasteiger partial charge in [0.05, 0.1) is 5.69 Å². The molecule has 0 amide bonds. The molecule has 1 unspecified atom stereocenters. The van der Waals surface area contributed by atoms with Crippen LogP contribution < -0.4 is 25.5 Å². The minimum atomic E-state index is 0.0163. The number of benzene rings is 4. The van der Waals surface area contributed by atoms with Gasteiger partial charge in [-0.1, -0.05) is 130 Å². The second-order valence-electron chi connectivity index (χ2n) is 20.6. The molecule has 10 rings (SSSR count). The van der Waals surface area contributed by atoms with Crippen molar-refractivity contribution in [3.05, 3.63) is 142 Å². The van der Waals surface area contributed by atoms with Crippen molar-refractivity contribution in [1.82, 2.24) is 0 Å². The average Bonchev–Trinajstić information content (AvgIpc) is 3.57. The number of anilines is 5. The largest absolute Gasteiger partial charge is 0.311 e. The average molecular weight is 779 g/mol. The second kappa shape index (κ2) is 13.2. The molecule has 5 aromatic rings.